The van der Waals surface area contributed by atoms with Crippen LogP contribution in [0.2, 0.25) is 0 Å². The monoisotopic (exact) mass is 84.0 g/mol. The summed E-state index contributed by atoms with van der Waals surface area (Å²) >= 11 is 0. The molecule has 2 nitrogen and oxygen atoms in total. The third-order valence-electron chi connectivity index (χ3n) is 0.254. The second-order valence-electron chi connectivity index (χ2n) is 0.769. The molecule has 6 heavy (non-hydrogen) atoms. The first kappa shape index (κ1) is 5.08. The number of hydrogen-bond acceptors (Lipinski definition) is 2. The number of rotatable bonds is 2. The Labute approximate surface area is 36.1 Å². The molecule has 0 amide bonds. The van der Waals surface area contributed by atoms with Gasteiger partial charge in [0.2, 0.25) is 6.29 Å². The van der Waals surface area contributed by atoms with Crippen LogP contribution in [0.15, 0.2) is 12.3 Å². The van der Waals surface area contributed by atoms with Crippen molar-refractivity contribution in [2.45, 2.75) is 0 Å². The lowest BCUT2D eigenvalue weighted by molar-refractivity contribution is -0.296. The number of allylic oxidation sites excluding steroid dienone is 1. The third kappa shape index (κ3) is 3.08. The fourth-order valence-corrected chi connectivity index (χ4v) is 0.0759. The van der Waals surface area contributed by atoms with Crippen molar-refractivity contribution in [1.82, 2.24) is 0 Å². The van der Waals surface area contributed by atoms with E-state index in [2.05, 4.69) is 6.58 Å². The predicted molar refractivity (Wildman–Crippen MR) is 19.5 cm³/mol. The van der Waals surface area contributed by atoms with Gasteiger partial charge in [-0.25, -0.2) is 0 Å². The molecule has 0 fully saturated rings. The van der Waals surface area contributed by atoms with Gasteiger partial charge in [0.05, 0.1) is 12.2 Å². The molecule has 0 spiro atoms. The van der Waals surface area contributed by atoms with Crippen LogP contribution in [0.3, 0.4) is 0 Å². The molecule has 0 aliphatic rings. The van der Waals surface area contributed by atoms with E-state index in [1.54, 1.807) is 0 Å². The van der Waals surface area contributed by atoms with Crippen molar-refractivity contribution in [1.29, 1.82) is 0 Å². The molecular formula is C4H4O2. The summed E-state index contributed by atoms with van der Waals surface area (Å²) in [4.78, 5) is 9.30. The third-order valence-corrected chi connectivity index (χ3v) is 0.254. The predicted octanol–water partition coefficient (Wildman–Crippen LogP) is -0.736. The topological polar surface area (TPSA) is 40.1 Å². The molecule has 0 aromatic carbocycles. The van der Waals surface area contributed by atoms with Gasteiger partial charge < -0.3 is 5.11 Å². The molecule has 0 heterocycles. The highest BCUT2D eigenvalue weighted by Gasteiger charge is 1.79. The highest BCUT2D eigenvalue weighted by atomic mass is 16.3. The van der Waals surface area contributed by atoms with E-state index >= 15 is 0 Å². The lowest BCUT2D eigenvalue weighted by Gasteiger charge is -1.87. The zero-order chi connectivity index (χ0) is 4.99. The maximum atomic E-state index is 9.65. The van der Waals surface area contributed by atoms with Crippen molar-refractivity contribution in [3.63, 3.8) is 0 Å². The molecular weight excluding hydrogens is 80.0 g/mol. The molecule has 0 atom stereocenters. The minimum absolute atomic E-state index is 0.412. The summed E-state index contributed by atoms with van der Waals surface area (Å²) in [6, 6.07) is 0. The molecule has 0 rings (SSSR count). The van der Waals surface area contributed by atoms with Gasteiger partial charge in [-0.3, -0.25) is 4.79 Å². The first-order chi connectivity index (χ1) is 2.77. The summed E-state index contributed by atoms with van der Waals surface area (Å²) in [5.41, 5.74) is 0. The van der Waals surface area contributed by atoms with Crippen LogP contribution in [0.5, 0.6) is 0 Å². The Bertz CT molecular complexity index is 65.9. The van der Waals surface area contributed by atoms with Crippen LogP contribution in [0.1, 0.15) is 0 Å². The summed E-state index contributed by atoms with van der Waals surface area (Å²) in [6.07, 6.45) is 1.27. The Kier molecular flexibility index (Phi) is 1.97. The van der Waals surface area contributed by atoms with Crippen LogP contribution in [0, 0.1) is 6.42 Å². The molecule has 0 radical (unpaired) electrons. The van der Waals surface area contributed by atoms with E-state index in [4.69, 9.17) is 0 Å². The van der Waals surface area contributed by atoms with E-state index in [1.807, 2.05) is 0 Å². The number of carbonyl (C=O) groups excluding carboxylic acids is 1. The van der Waals surface area contributed by atoms with Crippen LogP contribution in [0.4, 0.5) is 0 Å². The second kappa shape index (κ2) is 2.33. The minimum atomic E-state index is -0.454. The minimum Gasteiger partial charge on any atom is -0.841 e. The van der Waals surface area contributed by atoms with Gasteiger partial charge in [-0.2, -0.15) is 0 Å². The Morgan fingerprint density at radius 1 is 2.00 bits per heavy atom. The Morgan fingerprint density at radius 2 is 2.50 bits per heavy atom. The number of hydrogen-bond donors (Lipinski definition) is 0. The summed E-state index contributed by atoms with van der Waals surface area (Å²) in [7, 11) is 0. The molecule has 0 unspecified atom stereocenters. The van der Waals surface area contributed by atoms with E-state index in [0.717, 1.165) is 6.42 Å². The smallest absolute Gasteiger partial charge is 0.222 e. The summed E-state index contributed by atoms with van der Waals surface area (Å²) < 4.78 is 0. The van der Waals surface area contributed by atoms with E-state index in [-0.39, 0.29) is 0 Å². The van der Waals surface area contributed by atoms with Crippen molar-refractivity contribution in [3.05, 3.63) is 18.8 Å². The van der Waals surface area contributed by atoms with Gasteiger partial charge in [0.1, 0.15) is 0 Å². The highest BCUT2D eigenvalue weighted by molar-refractivity contribution is 5.65. The zero-order valence-corrected chi connectivity index (χ0v) is 3.18. The molecule has 0 aromatic heterocycles. The fourth-order valence-electron chi connectivity index (χ4n) is 0.0759. The van der Waals surface area contributed by atoms with Crippen LogP contribution in [-0.4, -0.2) is 6.29 Å². The van der Waals surface area contributed by atoms with Crippen LogP contribution in [0.25, 0.3) is 0 Å². The van der Waals surface area contributed by atoms with Crippen molar-refractivity contribution < 1.29 is 9.90 Å². The Hall–Kier alpha value is -0.920. The molecule has 32 valence electrons. The quantitative estimate of drug-likeness (QED) is 0.251. The SMILES string of the molecule is C=C([O-])[CH+]C=O. The maximum absolute atomic E-state index is 9.65. The zero-order valence-electron chi connectivity index (χ0n) is 3.18. The number of carbonyl (C=O) groups is 1. The van der Waals surface area contributed by atoms with Crippen LogP contribution >= 0.6 is 0 Å². The first-order valence-electron chi connectivity index (χ1n) is 1.42. The van der Waals surface area contributed by atoms with Gasteiger partial charge >= 0.3 is 0 Å². The van der Waals surface area contributed by atoms with Crippen LogP contribution < -0.4 is 5.11 Å². The van der Waals surface area contributed by atoms with Crippen molar-refractivity contribution >= 4 is 6.29 Å². The Morgan fingerprint density at radius 3 is 2.50 bits per heavy atom. The van der Waals surface area contributed by atoms with Crippen molar-refractivity contribution in [2.24, 2.45) is 0 Å². The van der Waals surface area contributed by atoms with Gasteiger partial charge in [-0.15, -0.1) is 0 Å². The fraction of sp³-hybridized carbons (Fsp3) is 0. The highest BCUT2D eigenvalue weighted by Crippen LogP contribution is 1.74. The van der Waals surface area contributed by atoms with Gasteiger partial charge in [-0.05, 0) is 0 Å². The standard InChI is InChI=1S/C4H4O2/c1-4(6)2-3-5/h2-3H,1H2. The van der Waals surface area contributed by atoms with Crippen LogP contribution in [-0.2, 0) is 4.79 Å². The molecule has 0 saturated heterocycles. The molecule has 0 N–H and O–H groups in total. The lowest BCUT2D eigenvalue weighted by atomic mass is 10.4. The van der Waals surface area contributed by atoms with Crippen molar-refractivity contribution in [3.8, 4) is 0 Å². The first-order valence-corrected chi connectivity index (χ1v) is 1.42. The molecule has 0 aliphatic carbocycles. The maximum Gasteiger partial charge on any atom is 0.222 e. The van der Waals surface area contributed by atoms with E-state index < -0.39 is 5.76 Å². The normalized spacial score (nSPS) is 6.67. The molecule has 2 heteroatoms. The largest absolute Gasteiger partial charge is 0.841 e. The van der Waals surface area contributed by atoms with Gasteiger partial charge in [0, 0.05) is 6.58 Å². The number of aldehydes is 1. The van der Waals surface area contributed by atoms with E-state index in [0.29, 0.717) is 6.29 Å². The summed E-state index contributed by atoms with van der Waals surface area (Å²) in [6.45, 7) is 2.90. The Balaban J connectivity index is 3.05. The molecule has 0 aromatic rings. The summed E-state index contributed by atoms with van der Waals surface area (Å²) in [5, 5.41) is 9.65. The summed E-state index contributed by atoms with van der Waals surface area (Å²) in [5.74, 6) is -0.454. The van der Waals surface area contributed by atoms with E-state index in [1.165, 1.54) is 0 Å². The van der Waals surface area contributed by atoms with E-state index in [9.17, 15) is 9.90 Å². The second-order valence-corrected chi connectivity index (χ2v) is 0.769. The lowest BCUT2D eigenvalue weighted by Crippen LogP contribution is -2.01. The molecule has 0 bridgehead atoms. The molecule has 0 saturated carbocycles. The van der Waals surface area contributed by atoms with Gasteiger partial charge in [0.25, 0.3) is 0 Å². The average molecular weight is 84.1 g/mol. The average Bonchev–Trinajstić information content (AvgIpc) is 1.35. The van der Waals surface area contributed by atoms with Crippen molar-refractivity contribution in [2.75, 3.05) is 0 Å². The van der Waals surface area contributed by atoms with Gasteiger partial charge in [0.15, 0.2) is 0 Å². The van der Waals surface area contributed by atoms with Gasteiger partial charge in [-0.1, -0.05) is 0 Å². The molecule has 0 aliphatic heterocycles.